The molecule has 0 saturated carbocycles. The molecule has 0 bridgehead atoms. The van der Waals surface area contributed by atoms with Gasteiger partial charge in [0.2, 0.25) is 0 Å². The number of carbonyl (C=O) groups is 4. The molecule has 2 fully saturated rings. The number of hydrogen-bond donors (Lipinski definition) is 1. The van der Waals surface area contributed by atoms with E-state index in [2.05, 4.69) is 5.32 Å². The molecule has 14 nitrogen and oxygen atoms in total. The summed E-state index contributed by atoms with van der Waals surface area (Å²) in [6, 6.07) is 12.0. The number of esters is 2. The minimum atomic E-state index is -1.99. The molecule has 1 N–H and O–H groups in total. The molecule has 2 heterocycles. The third-order valence-corrected chi connectivity index (χ3v) is 9.20. The molecular formula is C26H27N3O11S. The number of methoxy groups -OCH3 is 1. The van der Waals surface area contributed by atoms with E-state index < -0.39 is 81.2 Å². The van der Waals surface area contributed by atoms with E-state index in [0.29, 0.717) is 5.75 Å². The zero-order valence-corrected chi connectivity index (χ0v) is 23.1. The number of carbonyl (C=O) groups excluding carboxylic acids is 4. The molecule has 0 spiro atoms. The molecule has 15 heteroatoms. The summed E-state index contributed by atoms with van der Waals surface area (Å²) in [7, 11) is -0.773. The largest absolute Gasteiger partial charge is 0.484 e. The van der Waals surface area contributed by atoms with E-state index in [0.717, 1.165) is 24.0 Å². The molecule has 2 saturated heterocycles. The van der Waals surface area contributed by atoms with Gasteiger partial charge in [-0.15, -0.1) is 0 Å². The average molecular weight is 590 g/mol. The molecule has 2 aromatic rings. The van der Waals surface area contributed by atoms with Crippen LogP contribution in [0.15, 0.2) is 54.6 Å². The Labute approximate surface area is 236 Å². The first kappa shape index (κ1) is 29.6. The van der Waals surface area contributed by atoms with Gasteiger partial charge in [0.1, 0.15) is 35.1 Å². The fourth-order valence-corrected chi connectivity index (χ4v) is 6.89. The van der Waals surface area contributed by atoms with E-state index in [1.165, 1.54) is 26.2 Å². The number of β-lactam (4-membered cyclic amide) rings is 1. The molecule has 4 rings (SSSR count). The van der Waals surface area contributed by atoms with Crippen LogP contribution < -0.4 is 10.1 Å². The zero-order chi connectivity index (χ0) is 29.9. The summed E-state index contributed by atoms with van der Waals surface area (Å²) in [5.74, 6) is -2.42. The van der Waals surface area contributed by atoms with Gasteiger partial charge in [-0.05, 0) is 31.2 Å². The van der Waals surface area contributed by atoms with Crippen molar-refractivity contribution in [3.8, 4) is 5.75 Å². The number of ether oxygens (including phenoxy) is 4. The van der Waals surface area contributed by atoms with Gasteiger partial charge < -0.3 is 24.3 Å². The van der Waals surface area contributed by atoms with Crippen molar-refractivity contribution >= 4 is 40.2 Å². The molecule has 0 aromatic heterocycles. The van der Waals surface area contributed by atoms with Crippen LogP contribution in [0.1, 0.15) is 24.2 Å². The number of para-hydroxylation sites is 1. The highest BCUT2D eigenvalue weighted by atomic mass is 32.2. The number of non-ortho nitro benzene ring substituents is 1. The van der Waals surface area contributed by atoms with Gasteiger partial charge in [0.05, 0.1) is 21.3 Å². The minimum Gasteiger partial charge on any atom is -0.484 e. The van der Waals surface area contributed by atoms with E-state index in [4.69, 9.17) is 18.9 Å². The van der Waals surface area contributed by atoms with Gasteiger partial charge in [-0.3, -0.25) is 33.6 Å². The van der Waals surface area contributed by atoms with E-state index >= 15 is 0 Å². The summed E-state index contributed by atoms with van der Waals surface area (Å²) in [4.78, 5) is 61.8. The van der Waals surface area contributed by atoms with E-state index in [1.54, 1.807) is 30.3 Å². The van der Waals surface area contributed by atoms with Crippen LogP contribution in [0.4, 0.5) is 5.69 Å². The maximum absolute atomic E-state index is 13.9. The van der Waals surface area contributed by atoms with Crippen LogP contribution in [0.5, 0.6) is 5.75 Å². The molecule has 2 aromatic carbocycles. The standard InChI is InChI=1S/C26H27N3O11S/c1-16(30)39-14-25(2)26(37-3,15-40-24(33)17-9-11-18(12-10-17)29(34)35)28-22(32)21(23(28)41(25)36)27-20(31)13-38-19-7-5-4-6-8-19/h4-12,21,23H,13-15H2,1-3H3,(H,27,31)/t21-,23-,25+,26+,41?/m1/s1. The highest BCUT2D eigenvalue weighted by Gasteiger charge is 2.76. The molecule has 1 unspecified atom stereocenters. The SMILES string of the molecule is CO[C@]1(COC(=O)c2ccc([N+](=O)[O-])cc2)N2C(=O)[C@@H](NC(=O)COc3ccccc3)[C@H]2S(=O)[C@@]1(C)COC(C)=O. The van der Waals surface area contributed by atoms with Crippen LogP contribution in [0, 0.1) is 10.1 Å². The second kappa shape index (κ2) is 11.6. The van der Waals surface area contributed by atoms with Gasteiger partial charge in [-0.25, -0.2) is 4.79 Å². The molecule has 41 heavy (non-hydrogen) atoms. The van der Waals surface area contributed by atoms with Gasteiger partial charge in [0, 0.05) is 26.2 Å². The molecule has 2 aliphatic heterocycles. The van der Waals surface area contributed by atoms with Crippen molar-refractivity contribution in [2.45, 2.75) is 35.7 Å². The molecule has 218 valence electrons. The third-order valence-electron chi connectivity index (χ3n) is 6.95. The Kier molecular flexibility index (Phi) is 8.39. The molecule has 5 atom stereocenters. The van der Waals surface area contributed by atoms with Crippen molar-refractivity contribution in [3.05, 3.63) is 70.3 Å². The number of amides is 2. The van der Waals surface area contributed by atoms with Gasteiger partial charge in [0.15, 0.2) is 12.3 Å². The second-order valence-corrected chi connectivity index (χ2v) is 11.4. The van der Waals surface area contributed by atoms with Crippen LogP contribution in [0.3, 0.4) is 0 Å². The number of fused-ring (bicyclic) bond motifs is 1. The first-order valence-corrected chi connectivity index (χ1v) is 13.5. The Morgan fingerprint density at radius 2 is 1.73 bits per heavy atom. The normalized spacial score (nSPS) is 26.4. The molecule has 0 radical (unpaired) electrons. The number of benzene rings is 2. The highest BCUT2D eigenvalue weighted by Crippen LogP contribution is 2.51. The van der Waals surface area contributed by atoms with E-state index in [-0.39, 0.29) is 11.3 Å². The summed E-state index contributed by atoms with van der Waals surface area (Å²) in [6.45, 7) is 1.12. The highest BCUT2D eigenvalue weighted by molar-refractivity contribution is 7.87. The molecular weight excluding hydrogens is 562 g/mol. The fraction of sp³-hybridized carbons (Fsp3) is 0.385. The summed E-state index contributed by atoms with van der Waals surface area (Å²) in [5.41, 5.74) is -2.10. The Balaban J connectivity index is 1.55. The van der Waals surface area contributed by atoms with E-state index in [9.17, 15) is 33.5 Å². The van der Waals surface area contributed by atoms with Crippen LogP contribution in [-0.2, 0) is 39.4 Å². The Morgan fingerprint density at radius 1 is 1.07 bits per heavy atom. The maximum atomic E-state index is 13.9. The lowest BCUT2D eigenvalue weighted by atomic mass is 9.91. The van der Waals surface area contributed by atoms with Crippen molar-refractivity contribution in [2.24, 2.45) is 0 Å². The lowest BCUT2D eigenvalue weighted by Crippen LogP contribution is -2.76. The van der Waals surface area contributed by atoms with Crippen molar-refractivity contribution in [1.29, 1.82) is 0 Å². The third kappa shape index (κ3) is 5.37. The van der Waals surface area contributed by atoms with Gasteiger partial charge in [-0.2, -0.15) is 0 Å². The van der Waals surface area contributed by atoms with Gasteiger partial charge in [0.25, 0.3) is 17.5 Å². The smallest absolute Gasteiger partial charge is 0.338 e. The van der Waals surface area contributed by atoms with Gasteiger partial charge >= 0.3 is 11.9 Å². The number of rotatable bonds is 11. The fourth-order valence-electron chi connectivity index (χ4n) is 4.73. The number of hydrogen-bond acceptors (Lipinski definition) is 11. The molecule has 2 amide bonds. The first-order valence-electron chi connectivity index (χ1n) is 12.3. The maximum Gasteiger partial charge on any atom is 0.338 e. The Hall–Kier alpha value is -4.37. The van der Waals surface area contributed by atoms with Crippen LogP contribution in [-0.4, -0.2) is 86.6 Å². The number of nitro benzene ring substituents is 1. The van der Waals surface area contributed by atoms with Gasteiger partial charge in [-0.1, -0.05) is 18.2 Å². The number of nitrogens with one attached hydrogen (secondary N) is 1. The summed E-state index contributed by atoms with van der Waals surface area (Å²) in [6.07, 6.45) is 0. The minimum absolute atomic E-state index is 0.0160. The van der Waals surface area contributed by atoms with E-state index in [1.807, 2.05) is 0 Å². The van der Waals surface area contributed by atoms with Crippen molar-refractivity contribution in [3.63, 3.8) is 0 Å². The van der Waals surface area contributed by atoms with Crippen molar-refractivity contribution in [1.82, 2.24) is 10.2 Å². The van der Waals surface area contributed by atoms with Crippen molar-refractivity contribution < 1.29 is 47.3 Å². The quantitative estimate of drug-likeness (QED) is 0.170. The predicted octanol–water partition coefficient (Wildman–Crippen LogP) is 0.910. The van der Waals surface area contributed by atoms with Crippen molar-refractivity contribution in [2.75, 3.05) is 26.9 Å². The van der Waals surface area contributed by atoms with Crippen LogP contribution in [0.25, 0.3) is 0 Å². The molecule has 0 aliphatic carbocycles. The monoisotopic (exact) mass is 589 g/mol. The lowest BCUT2D eigenvalue weighted by Gasteiger charge is -2.50. The summed E-state index contributed by atoms with van der Waals surface area (Å²) < 4.78 is 34.1. The Bertz CT molecular complexity index is 1390. The predicted molar refractivity (Wildman–Crippen MR) is 141 cm³/mol. The van der Waals surface area contributed by atoms with Crippen LogP contribution in [0.2, 0.25) is 0 Å². The number of nitrogens with zero attached hydrogens (tertiary/aromatic N) is 2. The topological polar surface area (TPSA) is 181 Å². The summed E-state index contributed by atoms with van der Waals surface area (Å²) >= 11 is 0. The lowest BCUT2D eigenvalue weighted by molar-refractivity contribution is -0.384. The second-order valence-electron chi connectivity index (χ2n) is 9.42. The average Bonchev–Trinajstić information content (AvgIpc) is 3.14. The summed E-state index contributed by atoms with van der Waals surface area (Å²) in [5, 5.41) is 12.3. The first-order chi connectivity index (χ1) is 19.4. The number of nitro groups is 1. The Morgan fingerprint density at radius 3 is 2.32 bits per heavy atom. The van der Waals surface area contributed by atoms with Crippen LogP contribution >= 0.6 is 0 Å². The molecule has 2 aliphatic rings. The zero-order valence-electron chi connectivity index (χ0n) is 22.3.